The SMILES string of the molecule is CSCCN(C)c1cc(Cl)nnc1Cl. The molecule has 1 heterocycles. The van der Waals surface area contributed by atoms with Crippen molar-refractivity contribution >= 4 is 40.7 Å². The van der Waals surface area contributed by atoms with E-state index >= 15 is 0 Å². The molecule has 0 spiro atoms. The minimum atomic E-state index is 0.361. The molecular weight excluding hydrogens is 241 g/mol. The Kier molecular flexibility index (Phi) is 4.78. The molecule has 0 atom stereocenters. The number of hydrogen-bond acceptors (Lipinski definition) is 4. The molecule has 0 radical (unpaired) electrons. The Balaban J connectivity index is 2.77. The van der Waals surface area contributed by atoms with Gasteiger partial charge in [0.1, 0.15) is 0 Å². The van der Waals surface area contributed by atoms with E-state index in [9.17, 15) is 0 Å². The molecular formula is C8H11Cl2N3S. The average molecular weight is 252 g/mol. The van der Waals surface area contributed by atoms with Crippen molar-refractivity contribution in [3.63, 3.8) is 0 Å². The van der Waals surface area contributed by atoms with Gasteiger partial charge in [0.2, 0.25) is 0 Å². The summed E-state index contributed by atoms with van der Waals surface area (Å²) in [5.74, 6) is 1.03. The first-order valence-electron chi connectivity index (χ1n) is 4.04. The molecule has 1 aromatic rings. The lowest BCUT2D eigenvalue weighted by Gasteiger charge is -2.18. The van der Waals surface area contributed by atoms with Crippen molar-refractivity contribution in [2.45, 2.75) is 0 Å². The molecule has 1 rings (SSSR count). The zero-order chi connectivity index (χ0) is 10.6. The zero-order valence-corrected chi connectivity index (χ0v) is 10.3. The Morgan fingerprint density at radius 2 is 2.14 bits per heavy atom. The van der Waals surface area contributed by atoms with Crippen LogP contribution in [0.5, 0.6) is 0 Å². The molecule has 0 aliphatic carbocycles. The van der Waals surface area contributed by atoms with Crippen LogP contribution in [0.2, 0.25) is 10.3 Å². The van der Waals surface area contributed by atoms with Gasteiger partial charge in [0.05, 0.1) is 5.69 Å². The monoisotopic (exact) mass is 251 g/mol. The number of halogens is 2. The number of hydrogen-bond donors (Lipinski definition) is 0. The fraction of sp³-hybridized carbons (Fsp3) is 0.500. The molecule has 1 aromatic heterocycles. The molecule has 0 unspecified atom stereocenters. The van der Waals surface area contributed by atoms with Crippen LogP contribution in [-0.4, -0.2) is 35.8 Å². The van der Waals surface area contributed by atoms with E-state index in [2.05, 4.69) is 16.5 Å². The Hall–Kier alpha value is -0.190. The minimum absolute atomic E-state index is 0.361. The van der Waals surface area contributed by atoms with Gasteiger partial charge in [-0.2, -0.15) is 11.8 Å². The molecule has 0 aliphatic rings. The van der Waals surface area contributed by atoms with Gasteiger partial charge in [-0.3, -0.25) is 0 Å². The van der Waals surface area contributed by atoms with Gasteiger partial charge in [0.25, 0.3) is 0 Å². The normalized spacial score (nSPS) is 10.3. The summed E-state index contributed by atoms with van der Waals surface area (Å²) in [6, 6.07) is 1.72. The van der Waals surface area contributed by atoms with Crippen LogP contribution >= 0.6 is 35.0 Å². The van der Waals surface area contributed by atoms with Crippen molar-refractivity contribution in [1.82, 2.24) is 10.2 Å². The molecule has 0 aromatic carbocycles. The molecule has 0 amide bonds. The first kappa shape index (κ1) is 11.9. The van der Waals surface area contributed by atoms with Crippen molar-refractivity contribution in [2.75, 3.05) is 30.5 Å². The maximum atomic E-state index is 5.89. The van der Waals surface area contributed by atoms with E-state index in [0.717, 1.165) is 18.0 Å². The van der Waals surface area contributed by atoms with Crippen molar-refractivity contribution in [1.29, 1.82) is 0 Å². The molecule has 0 aliphatic heterocycles. The highest BCUT2D eigenvalue weighted by atomic mass is 35.5. The summed E-state index contributed by atoms with van der Waals surface area (Å²) in [5, 5.41) is 8.15. The Labute approximate surface area is 97.8 Å². The summed E-state index contributed by atoms with van der Waals surface area (Å²) in [7, 11) is 1.95. The molecule has 78 valence electrons. The number of nitrogens with zero attached hydrogens (tertiary/aromatic N) is 3. The van der Waals surface area contributed by atoms with Gasteiger partial charge in [0, 0.05) is 25.4 Å². The van der Waals surface area contributed by atoms with E-state index in [-0.39, 0.29) is 0 Å². The zero-order valence-electron chi connectivity index (χ0n) is 8.00. The van der Waals surface area contributed by atoms with Crippen LogP contribution in [0.15, 0.2) is 6.07 Å². The first-order chi connectivity index (χ1) is 6.65. The highest BCUT2D eigenvalue weighted by Crippen LogP contribution is 2.24. The van der Waals surface area contributed by atoms with E-state index in [1.54, 1.807) is 17.8 Å². The number of anilines is 1. The minimum Gasteiger partial charge on any atom is -0.371 e. The van der Waals surface area contributed by atoms with E-state index in [1.807, 2.05) is 11.9 Å². The molecule has 0 N–H and O–H groups in total. The van der Waals surface area contributed by atoms with Crippen LogP contribution in [0, 0.1) is 0 Å². The third-order valence-electron chi connectivity index (χ3n) is 1.74. The lowest BCUT2D eigenvalue weighted by molar-refractivity contribution is 0.945. The second-order valence-corrected chi connectivity index (χ2v) is 4.49. The topological polar surface area (TPSA) is 29.0 Å². The maximum absolute atomic E-state index is 5.89. The number of aromatic nitrogens is 2. The van der Waals surface area contributed by atoms with Crippen molar-refractivity contribution in [3.05, 3.63) is 16.4 Å². The molecule has 0 saturated heterocycles. The molecule has 14 heavy (non-hydrogen) atoms. The second kappa shape index (κ2) is 5.63. The van der Waals surface area contributed by atoms with E-state index in [1.165, 1.54) is 0 Å². The van der Waals surface area contributed by atoms with Gasteiger partial charge in [-0.1, -0.05) is 23.2 Å². The van der Waals surface area contributed by atoms with Gasteiger partial charge in [-0.15, -0.1) is 10.2 Å². The predicted octanol–water partition coefficient (Wildman–Crippen LogP) is 2.58. The fourth-order valence-corrected chi connectivity index (χ4v) is 1.79. The van der Waals surface area contributed by atoms with Crippen LogP contribution in [0.25, 0.3) is 0 Å². The average Bonchev–Trinajstić information content (AvgIpc) is 2.18. The molecule has 0 fully saturated rings. The summed E-state index contributed by atoms with van der Waals surface area (Å²) in [5.41, 5.74) is 0.820. The third kappa shape index (κ3) is 3.19. The summed E-state index contributed by atoms with van der Waals surface area (Å²) < 4.78 is 0. The number of rotatable bonds is 4. The summed E-state index contributed by atoms with van der Waals surface area (Å²) in [4.78, 5) is 2.01. The highest BCUT2D eigenvalue weighted by molar-refractivity contribution is 7.98. The van der Waals surface area contributed by atoms with Gasteiger partial charge in [-0.05, 0) is 6.26 Å². The second-order valence-electron chi connectivity index (χ2n) is 2.76. The maximum Gasteiger partial charge on any atom is 0.175 e. The summed E-state index contributed by atoms with van der Waals surface area (Å²) >= 11 is 13.4. The standard InChI is InChI=1S/C8H11Cl2N3S/c1-13(3-4-14-2)6-5-7(9)11-12-8(6)10/h5H,3-4H2,1-2H3. The lowest BCUT2D eigenvalue weighted by Crippen LogP contribution is -2.21. The van der Waals surface area contributed by atoms with Crippen molar-refractivity contribution < 1.29 is 0 Å². The van der Waals surface area contributed by atoms with Gasteiger partial charge in [0.15, 0.2) is 10.3 Å². The van der Waals surface area contributed by atoms with Crippen LogP contribution in [0.3, 0.4) is 0 Å². The summed E-state index contributed by atoms with van der Waals surface area (Å²) in [6.07, 6.45) is 2.06. The number of thioether (sulfide) groups is 1. The Morgan fingerprint density at radius 1 is 1.43 bits per heavy atom. The van der Waals surface area contributed by atoms with E-state index < -0.39 is 0 Å². The van der Waals surface area contributed by atoms with E-state index in [0.29, 0.717) is 10.3 Å². The van der Waals surface area contributed by atoms with Crippen LogP contribution in [0.1, 0.15) is 0 Å². The molecule has 3 nitrogen and oxygen atoms in total. The Bertz CT molecular complexity index is 309. The summed E-state index contributed by atoms with van der Waals surface area (Å²) in [6.45, 7) is 0.906. The largest absolute Gasteiger partial charge is 0.371 e. The first-order valence-corrected chi connectivity index (χ1v) is 6.19. The third-order valence-corrected chi connectivity index (χ3v) is 2.79. The van der Waals surface area contributed by atoms with Gasteiger partial charge >= 0.3 is 0 Å². The van der Waals surface area contributed by atoms with Crippen LogP contribution in [-0.2, 0) is 0 Å². The van der Waals surface area contributed by atoms with Crippen molar-refractivity contribution in [3.8, 4) is 0 Å². The smallest absolute Gasteiger partial charge is 0.175 e. The Morgan fingerprint density at radius 3 is 2.79 bits per heavy atom. The van der Waals surface area contributed by atoms with Crippen LogP contribution < -0.4 is 4.90 Å². The molecule has 6 heteroatoms. The highest BCUT2D eigenvalue weighted by Gasteiger charge is 2.08. The quantitative estimate of drug-likeness (QED) is 0.823. The molecule has 0 bridgehead atoms. The van der Waals surface area contributed by atoms with E-state index in [4.69, 9.17) is 23.2 Å². The lowest BCUT2D eigenvalue weighted by atomic mass is 10.4. The van der Waals surface area contributed by atoms with Gasteiger partial charge < -0.3 is 4.90 Å². The van der Waals surface area contributed by atoms with Crippen molar-refractivity contribution in [2.24, 2.45) is 0 Å². The fourth-order valence-electron chi connectivity index (χ4n) is 0.960. The van der Waals surface area contributed by atoms with Gasteiger partial charge in [-0.25, -0.2) is 0 Å². The predicted molar refractivity (Wildman–Crippen MR) is 63.7 cm³/mol. The molecule has 0 saturated carbocycles. The van der Waals surface area contributed by atoms with Crippen LogP contribution in [0.4, 0.5) is 5.69 Å².